The lowest BCUT2D eigenvalue weighted by Crippen LogP contribution is -2.24. The Bertz CT molecular complexity index is 763. The van der Waals surface area contributed by atoms with Crippen molar-refractivity contribution in [3.05, 3.63) is 65.2 Å². The summed E-state index contributed by atoms with van der Waals surface area (Å²) >= 11 is 1.60. The first-order valence-corrected chi connectivity index (χ1v) is 8.59. The molecule has 1 aromatic carbocycles. The molecule has 4 nitrogen and oxygen atoms in total. The largest absolute Gasteiger partial charge is 0.352 e. The molecule has 0 radical (unpaired) electrons. The maximum Gasteiger partial charge on any atom is 0.255 e. The van der Waals surface area contributed by atoms with Crippen molar-refractivity contribution in [1.29, 1.82) is 0 Å². The van der Waals surface area contributed by atoms with Gasteiger partial charge in [0.15, 0.2) is 0 Å². The molecule has 1 N–H and O–H groups in total. The van der Waals surface area contributed by atoms with Crippen molar-refractivity contribution >= 4 is 17.2 Å². The topological polar surface area (TPSA) is 46.9 Å². The Morgan fingerprint density at radius 2 is 2.04 bits per heavy atom. The number of aromatic nitrogens is 2. The number of benzene rings is 1. The van der Waals surface area contributed by atoms with Crippen molar-refractivity contribution in [3.63, 3.8) is 0 Å². The molecule has 3 rings (SSSR count). The number of thiophene rings is 1. The maximum absolute atomic E-state index is 12.4. The Morgan fingerprint density at radius 1 is 1.22 bits per heavy atom. The van der Waals surface area contributed by atoms with Crippen molar-refractivity contribution < 1.29 is 4.79 Å². The molecule has 0 unspecified atom stereocenters. The number of hydrogen-bond donors (Lipinski definition) is 1. The van der Waals surface area contributed by atoms with E-state index < -0.39 is 0 Å². The van der Waals surface area contributed by atoms with Crippen molar-refractivity contribution in [2.24, 2.45) is 0 Å². The second-order valence-electron chi connectivity index (χ2n) is 5.31. The normalized spacial score (nSPS) is 10.7. The van der Waals surface area contributed by atoms with Crippen molar-refractivity contribution in [2.45, 2.75) is 19.9 Å². The van der Waals surface area contributed by atoms with E-state index in [1.165, 1.54) is 0 Å². The molecule has 1 amide bonds. The van der Waals surface area contributed by atoms with Crippen LogP contribution < -0.4 is 5.32 Å². The van der Waals surface area contributed by atoms with Crippen LogP contribution in [0.25, 0.3) is 10.6 Å². The summed E-state index contributed by atoms with van der Waals surface area (Å²) < 4.78 is 1.84. The van der Waals surface area contributed by atoms with Crippen LogP contribution in [0.5, 0.6) is 0 Å². The highest BCUT2D eigenvalue weighted by molar-refractivity contribution is 7.13. The first-order valence-electron chi connectivity index (χ1n) is 7.71. The van der Waals surface area contributed by atoms with Gasteiger partial charge in [0.1, 0.15) is 5.69 Å². The van der Waals surface area contributed by atoms with Crippen LogP contribution in [0.4, 0.5) is 0 Å². The second-order valence-corrected chi connectivity index (χ2v) is 6.26. The van der Waals surface area contributed by atoms with Crippen molar-refractivity contribution in [3.8, 4) is 10.6 Å². The van der Waals surface area contributed by atoms with E-state index in [0.29, 0.717) is 18.7 Å². The monoisotopic (exact) mass is 325 g/mol. The Labute approximate surface area is 139 Å². The van der Waals surface area contributed by atoms with Gasteiger partial charge < -0.3 is 5.32 Å². The van der Waals surface area contributed by atoms with Gasteiger partial charge in [0.2, 0.25) is 0 Å². The molecule has 2 aromatic heterocycles. The molecule has 3 aromatic rings. The predicted molar refractivity (Wildman–Crippen MR) is 93.7 cm³/mol. The third-order valence-corrected chi connectivity index (χ3v) is 4.36. The van der Waals surface area contributed by atoms with Crippen molar-refractivity contribution in [1.82, 2.24) is 15.1 Å². The average molecular weight is 325 g/mol. The van der Waals surface area contributed by atoms with E-state index in [1.54, 1.807) is 11.3 Å². The molecule has 0 aliphatic heterocycles. The first kappa shape index (κ1) is 15.5. The van der Waals surface area contributed by atoms with Crippen LogP contribution in [-0.4, -0.2) is 22.2 Å². The van der Waals surface area contributed by atoms with E-state index in [0.717, 1.165) is 22.6 Å². The Morgan fingerprint density at radius 3 is 2.74 bits per heavy atom. The van der Waals surface area contributed by atoms with Crippen LogP contribution in [0.3, 0.4) is 0 Å². The molecule has 0 saturated heterocycles. The summed E-state index contributed by atoms with van der Waals surface area (Å²) in [6, 6.07) is 14.1. The molecular formula is C18H19N3OS. The van der Waals surface area contributed by atoms with E-state index >= 15 is 0 Å². The number of hydrogen-bond acceptors (Lipinski definition) is 3. The number of nitrogens with zero attached hydrogens (tertiary/aromatic N) is 2. The first-order chi connectivity index (χ1) is 11.3. The van der Waals surface area contributed by atoms with Gasteiger partial charge in [-0.3, -0.25) is 9.48 Å². The van der Waals surface area contributed by atoms with Crippen LogP contribution in [0.1, 0.15) is 29.3 Å². The summed E-state index contributed by atoms with van der Waals surface area (Å²) in [5.41, 5.74) is 2.55. The number of amides is 1. The molecule has 2 heterocycles. The van der Waals surface area contributed by atoms with Gasteiger partial charge in [-0.1, -0.05) is 43.3 Å². The minimum absolute atomic E-state index is 0.0606. The van der Waals surface area contributed by atoms with Gasteiger partial charge in [0.25, 0.3) is 5.91 Å². The molecular weight excluding hydrogens is 306 g/mol. The van der Waals surface area contributed by atoms with E-state index in [2.05, 4.69) is 22.5 Å². The Hall–Kier alpha value is -2.40. The fraction of sp³-hybridized carbons (Fsp3) is 0.222. The summed E-state index contributed by atoms with van der Waals surface area (Å²) in [4.78, 5) is 13.4. The molecule has 0 aliphatic rings. The Balaban J connectivity index is 1.92. The molecule has 0 spiro atoms. The van der Waals surface area contributed by atoms with Crippen LogP contribution in [-0.2, 0) is 6.54 Å². The molecule has 118 valence electrons. The fourth-order valence-corrected chi connectivity index (χ4v) is 3.09. The molecule has 0 bridgehead atoms. The summed E-state index contributed by atoms with van der Waals surface area (Å²) in [5.74, 6) is -0.0606. The van der Waals surface area contributed by atoms with Gasteiger partial charge >= 0.3 is 0 Å². The molecule has 0 atom stereocenters. The summed E-state index contributed by atoms with van der Waals surface area (Å²) in [7, 11) is 0. The van der Waals surface area contributed by atoms with Crippen LogP contribution in [0.15, 0.2) is 54.0 Å². The van der Waals surface area contributed by atoms with Gasteiger partial charge in [-0.15, -0.1) is 11.3 Å². The highest BCUT2D eigenvalue weighted by Crippen LogP contribution is 2.27. The third-order valence-electron chi connectivity index (χ3n) is 3.48. The van der Waals surface area contributed by atoms with Crippen LogP contribution in [0.2, 0.25) is 0 Å². The second kappa shape index (κ2) is 7.24. The van der Waals surface area contributed by atoms with Gasteiger partial charge in [-0.2, -0.15) is 5.10 Å². The lowest BCUT2D eigenvalue weighted by atomic mass is 10.2. The van der Waals surface area contributed by atoms with E-state index in [-0.39, 0.29) is 5.91 Å². The zero-order valence-electron chi connectivity index (χ0n) is 13.0. The zero-order valence-corrected chi connectivity index (χ0v) is 13.8. The minimum atomic E-state index is -0.0606. The van der Waals surface area contributed by atoms with Crippen LogP contribution >= 0.6 is 11.3 Å². The standard InChI is InChI=1S/C18H19N3OS/c1-2-10-19-18(22)15-13-21(12-14-7-4-3-5-8-14)20-17(15)16-9-6-11-23-16/h3-9,11,13H,2,10,12H2,1H3,(H,19,22). The summed E-state index contributed by atoms with van der Waals surface area (Å²) in [6.45, 7) is 3.37. The fourth-order valence-electron chi connectivity index (χ4n) is 2.37. The van der Waals surface area contributed by atoms with Gasteiger partial charge in [-0.05, 0) is 23.4 Å². The summed E-state index contributed by atoms with van der Waals surface area (Å²) in [6.07, 6.45) is 2.76. The zero-order chi connectivity index (χ0) is 16.1. The highest BCUT2D eigenvalue weighted by Gasteiger charge is 2.18. The average Bonchev–Trinajstić information content (AvgIpc) is 3.22. The quantitative estimate of drug-likeness (QED) is 0.749. The molecule has 5 heteroatoms. The molecule has 0 aliphatic carbocycles. The number of carbonyl (C=O) groups excluding carboxylic acids is 1. The predicted octanol–water partition coefficient (Wildman–Crippen LogP) is 3.80. The lowest BCUT2D eigenvalue weighted by Gasteiger charge is -2.02. The highest BCUT2D eigenvalue weighted by atomic mass is 32.1. The molecule has 0 fully saturated rings. The molecule has 23 heavy (non-hydrogen) atoms. The summed E-state index contributed by atoms with van der Waals surface area (Å²) in [5, 5.41) is 9.58. The smallest absolute Gasteiger partial charge is 0.255 e. The number of nitrogens with one attached hydrogen (secondary N) is 1. The maximum atomic E-state index is 12.4. The van der Waals surface area contributed by atoms with E-state index in [9.17, 15) is 4.79 Å². The van der Waals surface area contributed by atoms with Crippen LogP contribution in [0, 0.1) is 0 Å². The van der Waals surface area contributed by atoms with Gasteiger partial charge in [-0.25, -0.2) is 0 Å². The lowest BCUT2D eigenvalue weighted by molar-refractivity contribution is 0.0954. The Kier molecular flexibility index (Phi) is 4.88. The van der Waals surface area contributed by atoms with E-state index in [1.807, 2.05) is 53.5 Å². The minimum Gasteiger partial charge on any atom is -0.352 e. The van der Waals surface area contributed by atoms with Gasteiger partial charge in [0, 0.05) is 12.7 Å². The molecule has 0 saturated carbocycles. The SMILES string of the molecule is CCCNC(=O)c1cn(Cc2ccccc2)nc1-c1cccs1. The van der Waals surface area contributed by atoms with E-state index in [4.69, 9.17) is 0 Å². The number of rotatable bonds is 6. The van der Waals surface area contributed by atoms with Crippen molar-refractivity contribution in [2.75, 3.05) is 6.54 Å². The van der Waals surface area contributed by atoms with Gasteiger partial charge in [0.05, 0.1) is 17.0 Å². The number of carbonyl (C=O) groups is 1. The third kappa shape index (κ3) is 3.68.